The van der Waals surface area contributed by atoms with E-state index in [4.69, 9.17) is 10.2 Å². The molecule has 0 atom stereocenters. The first-order chi connectivity index (χ1) is 13.2. The number of hydrogen-bond donors (Lipinski definition) is 2. The minimum absolute atomic E-state index is 0.167. The Morgan fingerprint density at radius 2 is 1.18 bits per heavy atom. The number of hydrogen-bond acceptors (Lipinski definition) is 2. The van der Waals surface area contributed by atoms with Gasteiger partial charge < -0.3 is 10.2 Å². The topological polar surface area (TPSA) is 40.5 Å². The van der Waals surface area contributed by atoms with Crippen molar-refractivity contribution in [2.24, 2.45) is 0 Å². The molecule has 0 spiro atoms. The van der Waals surface area contributed by atoms with E-state index in [1.807, 2.05) is 12.2 Å². The van der Waals surface area contributed by atoms with Crippen molar-refractivity contribution in [3.63, 3.8) is 0 Å². The zero-order valence-corrected chi connectivity index (χ0v) is 22.0. The van der Waals surface area contributed by atoms with Gasteiger partial charge in [-0.15, -0.1) is 0 Å². The van der Waals surface area contributed by atoms with Crippen LogP contribution in [0.1, 0.15) is 66.2 Å². The van der Waals surface area contributed by atoms with Crippen LogP contribution in [-0.2, 0) is 21.0 Å². The summed E-state index contributed by atoms with van der Waals surface area (Å²) in [6, 6.07) is 0. The summed E-state index contributed by atoms with van der Waals surface area (Å²) in [5.74, 6) is 0. The van der Waals surface area contributed by atoms with E-state index in [9.17, 15) is 0 Å². The predicted octanol–water partition coefficient (Wildman–Crippen LogP) is 6.17. The molecular weight excluding hydrogens is 511 g/mol. The van der Waals surface area contributed by atoms with Gasteiger partial charge in [-0.3, -0.25) is 0 Å². The minimum atomic E-state index is -1.92. The van der Waals surface area contributed by atoms with Gasteiger partial charge in [0.15, 0.2) is 0 Å². The van der Waals surface area contributed by atoms with Crippen molar-refractivity contribution in [3.05, 3.63) is 67.4 Å². The molecule has 2 aliphatic rings. The quantitative estimate of drug-likeness (QED) is 0.280. The van der Waals surface area contributed by atoms with Gasteiger partial charge in [0.05, 0.1) is 0 Å². The molecule has 0 heterocycles. The molecule has 0 aromatic carbocycles. The van der Waals surface area contributed by atoms with E-state index < -0.39 is 21.0 Å². The molecule has 0 aromatic heterocycles. The standard InChI is InChI=1S/2C9H11.2C3H8O.CH2.Hf/c2*1-2-3-6-9-7-4-5-8-9;2*1-3(2)4;;/h2*2,7-8H,1,3-4,6H2;2*3-4H,1-2H3;1H2;. The van der Waals surface area contributed by atoms with Gasteiger partial charge in [0.25, 0.3) is 0 Å². The van der Waals surface area contributed by atoms with Crippen molar-refractivity contribution in [3.8, 4) is 0 Å². The first-order valence-corrected chi connectivity index (χ1v) is 16.4. The van der Waals surface area contributed by atoms with E-state index in [1.165, 1.54) is 11.1 Å². The van der Waals surface area contributed by atoms with Crippen LogP contribution < -0.4 is 0 Å². The molecule has 2 N–H and O–H groups in total. The summed E-state index contributed by atoms with van der Waals surface area (Å²) in [5.41, 5.74) is 3.01. The Bertz CT molecular complexity index is 571. The van der Waals surface area contributed by atoms with Gasteiger partial charge in [0.1, 0.15) is 0 Å². The largest absolute Gasteiger partial charge is 0.394 e. The Hall–Kier alpha value is -0.900. The second kappa shape index (κ2) is 16.0. The SMILES string of the molecule is C=CCCC1=CC[C]([Hf](=[CH2])[C]2=CC(CCC=C)=CC2)=C1.CC(C)O.CC(C)O. The van der Waals surface area contributed by atoms with Crippen LogP contribution in [-0.4, -0.2) is 26.7 Å². The van der Waals surface area contributed by atoms with Gasteiger partial charge in [-0.2, -0.15) is 0 Å². The Kier molecular flexibility index (Phi) is 15.4. The number of aliphatic hydroxyl groups is 2. The van der Waals surface area contributed by atoms with E-state index >= 15 is 0 Å². The van der Waals surface area contributed by atoms with Crippen molar-refractivity contribution < 1.29 is 31.2 Å². The zero-order chi connectivity index (χ0) is 21.5. The maximum atomic E-state index is 8.06. The normalized spacial score (nSPS) is 14.9. The zero-order valence-electron chi connectivity index (χ0n) is 18.4. The summed E-state index contributed by atoms with van der Waals surface area (Å²) < 4.78 is 7.96. The number of aliphatic hydroxyl groups excluding tert-OH is 2. The molecule has 2 aliphatic carbocycles. The summed E-state index contributed by atoms with van der Waals surface area (Å²) >= 11 is -1.92. The van der Waals surface area contributed by atoms with Gasteiger partial charge in [-0.1, -0.05) is 0 Å². The Morgan fingerprint density at radius 1 is 0.857 bits per heavy atom. The first-order valence-electron chi connectivity index (χ1n) is 10.3. The summed E-state index contributed by atoms with van der Waals surface area (Å²) in [5, 5.41) is 16.1. The molecule has 2 rings (SSSR count). The van der Waals surface area contributed by atoms with Crippen LogP contribution in [0.3, 0.4) is 0 Å². The van der Waals surface area contributed by atoms with Crippen LogP contribution in [0, 0.1) is 0 Å². The molecule has 0 radical (unpaired) electrons. The smallest absolute Gasteiger partial charge is 0.0483 e. The summed E-state index contributed by atoms with van der Waals surface area (Å²) in [6.45, 7) is 14.5. The summed E-state index contributed by atoms with van der Waals surface area (Å²) in [4.78, 5) is 0. The van der Waals surface area contributed by atoms with E-state index in [1.54, 1.807) is 34.4 Å². The fourth-order valence-corrected chi connectivity index (χ4v) is 9.25. The van der Waals surface area contributed by atoms with Crippen molar-refractivity contribution in [2.75, 3.05) is 0 Å². The Morgan fingerprint density at radius 3 is 1.46 bits per heavy atom. The van der Waals surface area contributed by atoms with Gasteiger partial charge in [0, 0.05) is 12.2 Å². The number of allylic oxidation sites excluding steroid dienone is 10. The van der Waals surface area contributed by atoms with E-state index in [0.717, 1.165) is 38.5 Å². The van der Waals surface area contributed by atoms with E-state index in [0.29, 0.717) is 0 Å². The van der Waals surface area contributed by atoms with Crippen molar-refractivity contribution in [2.45, 2.75) is 78.4 Å². The molecule has 2 nitrogen and oxygen atoms in total. The third-order valence-electron chi connectivity index (χ3n) is 3.94. The molecule has 0 aromatic rings. The van der Waals surface area contributed by atoms with Crippen molar-refractivity contribution in [1.82, 2.24) is 0 Å². The maximum Gasteiger partial charge on any atom is 0.0483 e. The fourth-order valence-electron chi connectivity index (χ4n) is 2.68. The number of rotatable bonds is 8. The van der Waals surface area contributed by atoms with Crippen LogP contribution in [0.25, 0.3) is 0 Å². The van der Waals surface area contributed by atoms with Crippen LogP contribution in [0.4, 0.5) is 0 Å². The minimum Gasteiger partial charge on any atom is -0.394 e. The van der Waals surface area contributed by atoms with Crippen LogP contribution in [0.15, 0.2) is 67.4 Å². The van der Waals surface area contributed by atoms with Crippen molar-refractivity contribution >= 4 is 4.26 Å². The predicted molar refractivity (Wildman–Crippen MR) is 122 cm³/mol. The molecule has 0 unspecified atom stereocenters. The maximum absolute atomic E-state index is 8.06. The fraction of sp³-hybridized carbons (Fsp3) is 0.480. The average Bonchev–Trinajstić information content (AvgIpc) is 3.26. The van der Waals surface area contributed by atoms with E-state index in [-0.39, 0.29) is 12.2 Å². The molecular formula is C25H40HfO2. The third-order valence-corrected chi connectivity index (χ3v) is 12.0. The second-order valence-electron chi connectivity index (χ2n) is 7.63. The van der Waals surface area contributed by atoms with Crippen LogP contribution >= 0.6 is 0 Å². The molecule has 0 fully saturated rings. The molecule has 0 saturated carbocycles. The van der Waals surface area contributed by atoms with Crippen LogP contribution in [0.5, 0.6) is 0 Å². The van der Waals surface area contributed by atoms with Gasteiger partial charge in [0.2, 0.25) is 0 Å². The third kappa shape index (κ3) is 13.3. The summed E-state index contributed by atoms with van der Waals surface area (Å²) in [6.07, 6.45) is 20.2. The van der Waals surface area contributed by atoms with E-state index in [2.05, 4.69) is 41.7 Å². The molecule has 156 valence electrons. The first kappa shape index (κ1) is 27.1. The van der Waals surface area contributed by atoms with Gasteiger partial charge in [-0.25, -0.2) is 0 Å². The molecule has 0 amide bonds. The summed E-state index contributed by atoms with van der Waals surface area (Å²) in [7, 11) is 0. The molecule has 0 saturated heterocycles. The Labute approximate surface area is 180 Å². The van der Waals surface area contributed by atoms with Gasteiger partial charge in [-0.05, 0) is 27.7 Å². The monoisotopic (exact) mass is 552 g/mol. The van der Waals surface area contributed by atoms with Crippen molar-refractivity contribution in [1.29, 1.82) is 0 Å². The second-order valence-corrected chi connectivity index (χ2v) is 15.7. The molecule has 28 heavy (non-hydrogen) atoms. The van der Waals surface area contributed by atoms with Gasteiger partial charge >= 0.3 is 131 Å². The Balaban J connectivity index is 0.000000776. The average molecular weight is 551 g/mol. The molecule has 3 heteroatoms. The molecule has 0 aliphatic heterocycles. The molecule has 0 bridgehead atoms. The van der Waals surface area contributed by atoms with Crippen LogP contribution in [0.2, 0.25) is 0 Å².